The van der Waals surface area contributed by atoms with Crippen LogP contribution in [-0.4, -0.2) is 37.0 Å². The lowest BCUT2D eigenvalue weighted by Crippen LogP contribution is -2.32. The van der Waals surface area contributed by atoms with Crippen molar-refractivity contribution >= 4 is 41.0 Å². The van der Waals surface area contributed by atoms with Crippen LogP contribution in [0.5, 0.6) is 0 Å². The molecule has 4 rings (SSSR count). The number of benzene rings is 2. The molecule has 0 aliphatic carbocycles. The van der Waals surface area contributed by atoms with Crippen molar-refractivity contribution in [1.82, 2.24) is 25.2 Å². The van der Waals surface area contributed by atoms with Gasteiger partial charge in [-0.05, 0) is 58.8 Å². The number of nitrogens with zero attached hydrogens (tertiary/aromatic N) is 5. The van der Waals surface area contributed by atoms with E-state index in [1.807, 2.05) is 30.3 Å². The Labute approximate surface area is 205 Å². The number of nitrogen functional groups attached to an aromatic ring is 1. The van der Waals surface area contributed by atoms with Crippen LogP contribution in [0.25, 0.3) is 11.8 Å². The van der Waals surface area contributed by atoms with Gasteiger partial charge in [-0.3, -0.25) is 9.59 Å². The lowest BCUT2D eigenvalue weighted by Gasteiger charge is -2.19. The molecule has 11 heteroatoms. The normalized spacial score (nSPS) is 12.2. The number of tetrazole rings is 1. The SMILES string of the molecule is NC(=O)C(=Cc1cc(Cl)ccc1-n1cnnn1)[C@H](Cc1ccccc1)C(=O)Nc1ccc(N)nc1. The highest BCUT2D eigenvalue weighted by atomic mass is 35.5. The Morgan fingerprint density at radius 3 is 2.57 bits per heavy atom. The second-order valence-corrected chi connectivity index (χ2v) is 8.06. The van der Waals surface area contributed by atoms with Gasteiger partial charge >= 0.3 is 0 Å². The first-order chi connectivity index (χ1) is 16.9. The summed E-state index contributed by atoms with van der Waals surface area (Å²) in [5.41, 5.74) is 13.9. The minimum atomic E-state index is -0.923. The highest BCUT2D eigenvalue weighted by Gasteiger charge is 2.28. The monoisotopic (exact) mass is 488 g/mol. The van der Waals surface area contributed by atoms with E-state index in [9.17, 15) is 9.59 Å². The number of nitrogens with one attached hydrogen (secondary N) is 1. The fourth-order valence-corrected chi connectivity index (χ4v) is 3.72. The minimum Gasteiger partial charge on any atom is -0.384 e. The molecule has 0 radical (unpaired) electrons. The van der Waals surface area contributed by atoms with Crippen LogP contribution in [0.15, 0.2) is 78.8 Å². The van der Waals surface area contributed by atoms with Crippen LogP contribution in [0.2, 0.25) is 5.02 Å². The van der Waals surface area contributed by atoms with Gasteiger partial charge in [-0.1, -0.05) is 41.9 Å². The van der Waals surface area contributed by atoms with E-state index in [0.717, 1.165) is 5.56 Å². The summed E-state index contributed by atoms with van der Waals surface area (Å²) in [6.07, 6.45) is 4.62. The summed E-state index contributed by atoms with van der Waals surface area (Å²) < 4.78 is 1.42. The lowest BCUT2D eigenvalue weighted by molar-refractivity contribution is -0.121. The number of anilines is 2. The van der Waals surface area contributed by atoms with Crippen LogP contribution in [0, 0.1) is 5.92 Å². The Morgan fingerprint density at radius 2 is 1.91 bits per heavy atom. The molecule has 2 aromatic carbocycles. The van der Waals surface area contributed by atoms with E-state index < -0.39 is 17.7 Å². The van der Waals surface area contributed by atoms with E-state index in [-0.39, 0.29) is 12.0 Å². The number of halogens is 1. The fourth-order valence-electron chi connectivity index (χ4n) is 3.53. The topological polar surface area (TPSA) is 155 Å². The average molecular weight is 489 g/mol. The standard InChI is InChI=1S/C24H21ClN8O2/c25-17-6-8-21(33-14-29-31-32-33)16(11-17)12-19(23(27)34)20(10-15-4-2-1-3-5-15)24(35)30-18-7-9-22(26)28-13-18/h1-9,11-14,20H,10H2,(H2,26,28)(H2,27,34)(H,30,35)/t20-/m0/s1. The number of carbonyl (C=O) groups is 2. The van der Waals surface area contributed by atoms with Crippen molar-refractivity contribution in [3.63, 3.8) is 0 Å². The van der Waals surface area contributed by atoms with Gasteiger partial charge in [-0.15, -0.1) is 5.10 Å². The molecule has 0 unspecified atom stereocenters. The summed E-state index contributed by atoms with van der Waals surface area (Å²) in [4.78, 5) is 30.1. The van der Waals surface area contributed by atoms with Gasteiger partial charge in [0.2, 0.25) is 11.8 Å². The Balaban J connectivity index is 1.78. The van der Waals surface area contributed by atoms with Crippen LogP contribution in [0.1, 0.15) is 11.1 Å². The summed E-state index contributed by atoms with van der Waals surface area (Å²) in [5.74, 6) is -1.79. The van der Waals surface area contributed by atoms with Crippen LogP contribution in [-0.2, 0) is 16.0 Å². The van der Waals surface area contributed by atoms with Gasteiger partial charge in [0.1, 0.15) is 12.1 Å². The van der Waals surface area contributed by atoms with E-state index >= 15 is 0 Å². The summed E-state index contributed by atoms with van der Waals surface area (Å²) in [5, 5.41) is 14.4. The van der Waals surface area contributed by atoms with Crippen LogP contribution in [0.4, 0.5) is 11.5 Å². The third kappa shape index (κ3) is 5.87. The van der Waals surface area contributed by atoms with Crippen molar-refractivity contribution in [3.05, 3.63) is 94.9 Å². The Hall–Kier alpha value is -4.57. The molecular formula is C24H21ClN8O2. The molecule has 35 heavy (non-hydrogen) atoms. The van der Waals surface area contributed by atoms with Gasteiger partial charge in [-0.2, -0.15) is 4.68 Å². The van der Waals surface area contributed by atoms with E-state index in [0.29, 0.717) is 27.8 Å². The molecule has 0 spiro atoms. The van der Waals surface area contributed by atoms with E-state index in [1.54, 1.807) is 36.4 Å². The van der Waals surface area contributed by atoms with Gasteiger partial charge in [0.05, 0.1) is 23.5 Å². The van der Waals surface area contributed by atoms with Crippen molar-refractivity contribution in [2.24, 2.45) is 11.7 Å². The molecule has 2 aromatic heterocycles. The highest BCUT2D eigenvalue weighted by Crippen LogP contribution is 2.26. The van der Waals surface area contributed by atoms with Crippen molar-refractivity contribution in [1.29, 1.82) is 0 Å². The molecule has 2 amide bonds. The summed E-state index contributed by atoms with van der Waals surface area (Å²) in [6.45, 7) is 0. The number of carbonyl (C=O) groups excluding carboxylic acids is 2. The molecule has 0 aliphatic heterocycles. The molecule has 10 nitrogen and oxygen atoms in total. The quantitative estimate of drug-likeness (QED) is 0.322. The predicted molar refractivity (Wildman–Crippen MR) is 132 cm³/mol. The van der Waals surface area contributed by atoms with Crippen molar-refractivity contribution in [2.75, 3.05) is 11.1 Å². The third-order valence-corrected chi connectivity index (χ3v) is 5.44. The molecule has 0 saturated heterocycles. The summed E-state index contributed by atoms with van der Waals surface area (Å²) >= 11 is 6.23. The largest absolute Gasteiger partial charge is 0.384 e. The van der Waals surface area contributed by atoms with Gasteiger partial charge in [0.15, 0.2) is 0 Å². The van der Waals surface area contributed by atoms with Crippen LogP contribution >= 0.6 is 11.6 Å². The number of rotatable bonds is 8. The Kier molecular flexibility index (Phi) is 7.12. The molecule has 0 aliphatic rings. The van der Waals surface area contributed by atoms with Gasteiger partial charge in [-0.25, -0.2) is 4.98 Å². The summed E-state index contributed by atoms with van der Waals surface area (Å²) in [6, 6.07) is 17.5. The molecule has 0 saturated carbocycles. The van der Waals surface area contributed by atoms with Crippen molar-refractivity contribution in [3.8, 4) is 5.69 Å². The number of aromatic nitrogens is 5. The van der Waals surface area contributed by atoms with Crippen molar-refractivity contribution < 1.29 is 9.59 Å². The number of amides is 2. The number of hydrogen-bond acceptors (Lipinski definition) is 7. The number of nitrogens with two attached hydrogens (primary N) is 2. The second-order valence-electron chi connectivity index (χ2n) is 7.62. The zero-order chi connectivity index (χ0) is 24.8. The summed E-state index contributed by atoms with van der Waals surface area (Å²) in [7, 11) is 0. The predicted octanol–water partition coefficient (Wildman–Crippen LogP) is 2.66. The molecule has 0 fully saturated rings. The minimum absolute atomic E-state index is 0.0892. The maximum Gasteiger partial charge on any atom is 0.245 e. The Bertz CT molecular complexity index is 1360. The molecule has 5 N–H and O–H groups in total. The van der Waals surface area contributed by atoms with E-state index in [2.05, 4.69) is 25.8 Å². The molecule has 1 atom stereocenters. The highest BCUT2D eigenvalue weighted by molar-refractivity contribution is 6.30. The Morgan fingerprint density at radius 1 is 1.11 bits per heavy atom. The van der Waals surface area contributed by atoms with Crippen LogP contribution < -0.4 is 16.8 Å². The lowest BCUT2D eigenvalue weighted by atomic mass is 9.88. The first-order valence-electron chi connectivity index (χ1n) is 10.5. The third-order valence-electron chi connectivity index (χ3n) is 5.21. The second kappa shape index (κ2) is 10.6. The van der Waals surface area contributed by atoms with Crippen molar-refractivity contribution in [2.45, 2.75) is 6.42 Å². The molecule has 176 valence electrons. The number of primary amides is 1. The van der Waals surface area contributed by atoms with E-state index in [1.165, 1.54) is 17.2 Å². The maximum atomic E-state index is 13.4. The zero-order valence-electron chi connectivity index (χ0n) is 18.4. The molecule has 2 heterocycles. The maximum absolute atomic E-state index is 13.4. The van der Waals surface area contributed by atoms with Gasteiger partial charge in [0.25, 0.3) is 0 Å². The first kappa shape index (κ1) is 23.6. The van der Waals surface area contributed by atoms with E-state index in [4.69, 9.17) is 23.1 Å². The number of hydrogen-bond donors (Lipinski definition) is 3. The first-order valence-corrected chi connectivity index (χ1v) is 10.9. The fraction of sp³-hybridized carbons (Fsp3) is 0.0833. The van der Waals surface area contributed by atoms with Gasteiger partial charge in [0, 0.05) is 16.2 Å². The molecular weight excluding hydrogens is 468 g/mol. The average Bonchev–Trinajstić information content (AvgIpc) is 3.38. The molecule has 0 bridgehead atoms. The van der Waals surface area contributed by atoms with Crippen LogP contribution in [0.3, 0.4) is 0 Å². The zero-order valence-corrected chi connectivity index (χ0v) is 19.1. The molecule has 4 aromatic rings. The smallest absolute Gasteiger partial charge is 0.245 e. The van der Waals surface area contributed by atoms with Gasteiger partial charge < -0.3 is 16.8 Å². The number of pyridine rings is 1.